The van der Waals surface area contributed by atoms with Crippen LogP contribution in [-0.2, 0) is 0 Å². The van der Waals surface area contributed by atoms with Crippen LogP contribution >= 0.6 is 0 Å². The smallest absolute Gasteiger partial charge is 0.0753 e. The highest BCUT2D eigenvalue weighted by atomic mass is 15.9. The van der Waals surface area contributed by atoms with E-state index in [1.54, 1.807) is 0 Å². The molecule has 0 radical (unpaired) electrons. The average Bonchev–Trinajstić information content (AvgIpc) is 1.61. The van der Waals surface area contributed by atoms with Crippen molar-refractivity contribution in [3.63, 3.8) is 0 Å². The number of hydrogen-bond acceptors (Lipinski definition) is 1. The predicted molar refractivity (Wildman–Crippen MR) is 22.9 cm³/mol. The van der Waals surface area contributed by atoms with E-state index in [-0.39, 0.29) is 0 Å². The molecule has 1 fully saturated rings. The lowest BCUT2D eigenvalue weighted by atomic mass is 10.9. The molecular formula is C3H9N3. The minimum absolute atomic E-state index is 0.895. The fourth-order valence-corrected chi connectivity index (χ4v) is 0.354. The van der Waals surface area contributed by atoms with Gasteiger partial charge in [0.05, 0.1) is 7.05 Å². The van der Waals surface area contributed by atoms with E-state index in [9.17, 15) is 0 Å². The Bertz CT molecular complexity index is 46.0. The first kappa shape index (κ1) is 4.05. The lowest BCUT2D eigenvalue weighted by Gasteiger charge is -2.46. The maximum absolute atomic E-state index is 3.99. The molecule has 1 saturated heterocycles. The van der Waals surface area contributed by atoms with Gasteiger partial charge in [0, 0.05) is 7.05 Å². The first-order chi connectivity index (χ1) is 2.80. The largest absolute Gasteiger partial charge is 0.415 e. The van der Waals surface area contributed by atoms with Crippen molar-refractivity contribution in [2.45, 2.75) is 0 Å². The molecule has 0 saturated carbocycles. The van der Waals surface area contributed by atoms with Gasteiger partial charge < -0.3 is 10.5 Å². The molecule has 0 bridgehead atoms. The van der Waals surface area contributed by atoms with Crippen molar-refractivity contribution in [1.82, 2.24) is 5.01 Å². The molecule has 0 spiro atoms. The Morgan fingerprint density at radius 3 is 2.33 bits per heavy atom. The van der Waals surface area contributed by atoms with E-state index in [1.807, 2.05) is 14.1 Å². The molecular weight excluding hydrogens is 78.1 g/mol. The zero-order valence-electron chi connectivity index (χ0n) is 4.10. The van der Waals surface area contributed by atoms with Crippen LogP contribution in [0.3, 0.4) is 0 Å². The SMILES string of the molecule is CN1C[N-][NH+]1C. The summed E-state index contributed by atoms with van der Waals surface area (Å²) >= 11 is 0. The molecule has 0 aromatic carbocycles. The summed E-state index contributed by atoms with van der Waals surface area (Å²) in [5, 5.41) is 3.25. The Balaban J connectivity index is 2.20. The van der Waals surface area contributed by atoms with Gasteiger partial charge in [-0.3, -0.25) is 0 Å². The third kappa shape index (κ3) is 0.408. The van der Waals surface area contributed by atoms with E-state index in [4.69, 9.17) is 0 Å². The fourth-order valence-electron chi connectivity index (χ4n) is 0.354. The van der Waals surface area contributed by atoms with E-state index in [0.717, 1.165) is 11.8 Å². The summed E-state index contributed by atoms with van der Waals surface area (Å²) in [4.78, 5) is 0. The lowest BCUT2D eigenvalue weighted by Crippen LogP contribution is -3.18. The molecule has 6 heavy (non-hydrogen) atoms. The summed E-state index contributed by atoms with van der Waals surface area (Å²) in [6.45, 7) is 0.895. The lowest BCUT2D eigenvalue weighted by molar-refractivity contribution is -1.00. The van der Waals surface area contributed by atoms with Gasteiger partial charge in [0.25, 0.3) is 0 Å². The van der Waals surface area contributed by atoms with Crippen LogP contribution in [0.15, 0.2) is 0 Å². The molecule has 0 amide bonds. The first-order valence-electron chi connectivity index (χ1n) is 2.03. The summed E-state index contributed by atoms with van der Waals surface area (Å²) in [7, 11) is 4.03. The third-order valence-electron chi connectivity index (χ3n) is 1.06. The van der Waals surface area contributed by atoms with Crippen LogP contribution in [0, 0.1) is 0 Å². The maximum atomic E-state index is 3.99. The molecule has 3 nitrogen and oxygen atoms in total. The molecule has 36 valence electrons. The molecule has 1 unspecified atom stereocenters. The highest BCUT2D eigenvalue weighted by molar-refractivity contribution is 4.59. The zero-order valence-corrected chi connectivity index (χ0v) is 4.10. The van der Waals surface area contributed by atoms with Gasteiger partial charge in [0.15, 0.2) is 0 Å². The van der Waals surface area contributed by atoms with Gasteiger partial charge in [-0.1, -0.05) is 0 Å². The van der Waals surface area contributed by atoms with Gasteiger partial charge >= 0.3 is 0 Å². The van der Waals surface area contributed by atoms with E-state index in [0.29, 0.717) is 0 Å². The maximum Gasteiger partial charge on any atom is 0.0753 e. The summed E-state index contributed by atoms with van der Waals surface area (Å²) in [5.74, 6) is 0. The zero-order chi connectivity index (χ0) is 4.57. The molecule has 1 N–H and O–H groups in total. The minimum atomic E-state index is 0.895. The van der Waals surface area contributed by atoms with Gasteiger partial charge in [-0.15, -0.1) is 0 Å². The quantitative estimate of drug-likeness (QED) is 0.386. The van der Waals surface area contributed by atoms with E-state index in [2.05, 4.69) is 10.4 Å². The second-order valence-corrected chi connectivity index (χ2v) is 1.54. The first-order valence-corrected chi connectivity index (χ1v) is 2.03. The second-order valence-electron chi connectivity index (χ2n) is 1.54. The molecule has 3 heteroatoms. The van der Waals surface area contributed by atoms with Crippen molar-refractivity contribution in [2.75, 3.05) is 20.8 Å². The molecule has 1 aliphatic rings. The topological polar surface area (TPSA) is 21.8 Å². The van der Waals surface area contributed by atoms with Crippen LogP contribution in [-0.4, -0.2) is 25.8 Å². The summed E-state index contributed by atoms with van der Waals surface area (Å²) in [6.07, 6.45) is 0. The standard InChI is InChI=1S/C3H9N3/c1-5-3-4-6(5)2/h6H,3H2,1-2H3. The van der Waals surface area contributed by atoms with Crippen molar-refractivity contribution < 1.29 is 5.12 Å². The molecule has 0 aliphatic carbocycles. The van der Waals surface area contributed by atoms with E-state index >= 15 is 0 Å². The molecule has 1 atom stereocenters. The van der Waals surface area contributed by atoms with Gasteiger partial charge in [-0.05, 0) is 6.67 Å². The van der Waals surface area contributed by atoms with Gasteiger partial charge in [0.1, 0.15) is 0 Å². The Kier molecular flexibility index (Phi) is 0.799. The molecule has 0 aromatic rings. The van der Waals surface area contributed by atoms with Gasteiger partial charge in [-0.25, -0.2) is 0 Å². The van der Waals surface area contributed by atoms with Gasteiger partial charge in [-0.2, -0.15) is 5.01 Å². The molecule has 1 aliphatic heterocycles. The Morgan fingerprint density at radius 2 is 2.33 bits per heavy atom. The Hall–Kier alpha value is -0.120. The monoisotopic (exact) mass is 87.1 g/mol. The second kappa shape index (κ2) is 1.18. The summed E-state index contributed by atoms with van der Waals surface area (Å²) < 4.78 is 0. The third-order valence-corrected chi connectivity index (χ3v) is 1.06. The summed E-state index contributed by atoms with van der Waals surface area (Å²) in [6, 6.07) is 0. The highest BCUT2D eigenvalue weighted by Crippen LogP contribution is 1.83. The number of nitrogens with one attached hydrogen (secondary N) is 1. The van der Waals surface area contributed by atoms with Crippen LogP contribution in [0.1, 0.15) is 0 Å². The van der Waals surface area contributed by atoms with Crippen LogP contribution in [0.5, 0.6) is 0 Å². The van der Waals surface area contributed by atoms with Crippen molar-refractivity contribution in [2.24, 2.45) is 0 Å². The number of rotatable bonds is 0. The summed E-state index contributed by atoms with van der Waals surface area (Å²) in [5.41, 5.74) is 3.99. The predicted octanol–water partition coefficient (Wildman–Crippen LogP) is -1.39. The van der Waals surface area contributed by atoms with Crippen LogP contribution < -0.4 is 5.12 Å². The van der Waals surface area contributed by atoms with Crippen molar-refractivity contribution in [1.29, 1.82) is 0 Å². The molecule has 0 aromatic heterocycles. The van der Waals surface area contributed by atoms with Crippen LogP contribution in [0.4, 0.5) is 0 Å². The van der Waals surface area contributed by atoms with E-state index < -0.39 is 0 Å². The van der Waals surface area contributed by atoms with E-state index in [1.165, 1.54) is 0 Å². The molecule has 1 rings (SSSR count). The Morgan fingerprint density at radius 1 is 1.83 bits per heavy atom. The average molecular weight is 87.1 g/mol. The van der Waals surface area contributed by atoms with Crippen molar-refractivity contribution in [3.05, 3.63) is 5.43 Å². The van der Waals surface area contributed by atoms with Crippen LogP contribution in [0.2, 0.25) is 0 Å². The molecule has 1 heterocycles. The number of nitrogens with zero attached hydrogens (tertiary/aromatic N) is 2. The van der Waals surface area contributed by atoms with Crippen molar-refractivity contribution in [3.8, 4) is 0 Å². The normalized spacial score (nSPS) is 36.0. The minimum Gasteiger partial charge on any atom is -0.415 e. The van der Waals surface area contributed by atoms with Crippen LogP contribution in [0.25, 0.3) is 5.43 Å². The fraction of sp³-hybridized carbons (Fsp3) is 1.00. The highest BCUT2D eigenvalue weighted by Gasteiger charge is 2.05. The van der Waals surface area contributed by atoms with Crippen molar-refractivity contribution >= 4 is 0 Å². The Labute approximate surface area is 37.5 Å². The number of quaternary nitrogens is 1. The number of hydrogen-bond donors (Lipinski definition) is 1. The van der Waals surface area contributed by atoms with Gasteiger partial charge in [0.2, 0.25) is 0 Å².